The van der Waals surface area contributed by atoms with Crippen molar-refractivity contribution in [3.8, 4) is 28.6 Å². The standard InChI is InChI=1S/C31H32F3N7O4/c1-5-35-29(40(19-42)27-15-14-26(44-4)16-20(27)2)38-30(43)37-21(3)17-22-6-8-23(9-7-22)28-36-18-41(39-28)24-10-12-25(13-11-24)45-31(32,33)34/h6-16,18-19,21H,5,17H2,1-4H3,(H2,35,37,38,43). The van der Waals surface area contributed by atoms with Gasteiger partial charge in [-0.25, -0.2) is 14.5 Å². The van der Waals surface area contributed by atoms with Crippen molar-refractivity contribution in [1.82, 2.24) is 25.4 Å². The van der Waals surface area contributed by atoms with E-state index in [0.29, 0.717) is 42.3 Å². The van der Waals surface area contributed by atoms with Gasteiger partial charge in [-0.2, -0.15) is 4.99 Å². The van der Waals surface area contributed by atoms with E-state index in [1.165, 1.54) is 40.2 Å². The third-order valence-corrected chi connectivity index (χ3v) is 6.49. The number of anilines is 1. The van der Waals surface area contributed by atoms with Gasteiger partial charge < -0.3 is 20.1 Å². The summed E-state index contributed by atoms with van der Waals surface area (Å²) in [5.41, 5.74) is 3.50. The van der Waals surface area contributed by atoms with Gasteiger partial charge in [-0.05, 0) is 80.8 Å². The summed E-state index contributed by atoms with van der Waals surface area (Å²) in [6, 6.07) is 17.1. The van der Waals surface area contributed by atoms with Gasteiger partial charge in [-0.1, -0.05) is 24.3 Å². The van der Waals surface area contributed by atoms with Crippen molar-refractivity contribution >= 4 is 24.1 Å². The van der Waals surface area contributed by atoms with Crippen LogP contribution in [0.3, 0.4) is 0 Å². The number of nitrogens with zero attached hydrogens (tertiary/aromatic N) is 5. The summed E-state index contributed by atoms with van der Waals surface area (Å²) in [6.45, 7) is 5.93. The molecule has 0 spiro atoms. The fourth-order valence-corrected chi connectivity index (χ4v) is 4.44. The molecule has 14 heteroatoms. The van der Waals surface area contributed by atoms with Gasteiger partial charge in [0.25, 0.3) is 0 Å². The highest BCUT2D eigenvalue weighted by atomic mass is 19.4. The summed E-state index contributed by atoms with van der Waals surface area (Å²) in [4.78, 5) is 34.5. The van der Waals surface area contributed by atoms with Crippen LogP contribution in [0.2, 0.25) is 0 Å². The number of urea groups is 1. The molecule has 1 atom stereocenters. The maximum Gasteiger partial charge on any atom is 0.573 e. The number of aryl methyl sites for hydroxylation is 1. The van der Waals surface area contributed by atoms with Crippen LogP contribution in [-0.2, 0) is 11.2 Å². The van der Waals surface area contributed by atoms with Gasteiger partial charge in [0.1, 0.15) is 17.8 Å². The van der Waals surface area contributed by atoms with Gasteiger partial charge in [0.05, 0.1) is 18.5 Å². The van der Waals surface area contributed by atoms with E-state index in [4.69, 9.17) is 4.74 Å². The van der Waals surface area contributed by atoms with Gasteiger partial charge in [0.15, 0.2) is 5.82 Å². The molecule has 2 N–H and O–H groups in total. The third kappa shape index (κ3) is 8.81. The van der Waals surface area contributed by atoms with E-state index in [-0.39, 0.29) is 17.8 Å². The van der Waals surface area contributed by atoms with E-state index < -0.39 is 12.4 Å². The zero-order chi connectivity index (χ0) is 32.6. The normalized spacial score (nSPS) is 12.3. The van der Waals surface area contributed by atoms with Crippen molar-refractivity contribution in [2.45, 2.75) is 39.6 Å². The molecule has 3 amide bonds. The minimum Gasteiger partial charge on any atom is -0.497 e. The molecule has 4 rings (SSSR count). The Balaban J connectivity index is 1.38. The molecule has 0 radical (unpaired) electrons. The zero-order valence-corrected chi connectivity index (χ0v) is 25.0. The molecule has 0 saturated heterocycles. The van der Waals surface area contributed by atoms with Crippen LogP contribution in [0.25, 0.3) is 17.1 Å². The Morgan fingerprint density at radius 3 is 2.38 bits per heavy atom. The number of carbonyl (C=O) groups excluding carboxylic acids is 2. The van der Waals surface area contributed by atoms with Crippen LogP contribution < -0.4 is 25.0 Å². The Kier molecular flexibility index (Phi) is 10.4. The highest BCUT2D eigenvalue weighted by molar-refractivity contribution is 6.12. The average molecular weight is 624 g/mol. The summed E-state index contributed by atoms with van der Waals surface area (Å²) in [6.07, 6.45) is -2.21. The van der Waals surface area contributed by atoms with E-state index >= 15 is 0 Å². The second-order valence-electron chi connectivity index (χ2n) is 9.90. The molecule has 3 aromatic carbocycles. The van der Waals surface area contributed by atoms with Crippen LogP contribution in [0.15, 0.2) is 78.0 Å². The zero-order valence-electron chi connectivity index (χ0n) is 25.0. The molecule has 0 aliphatic rings. The summed E-state index contributed by atoms with van der Waals surface area (Å²) < 4.78 is 47.8. The van der Waals surface area contributed by atoms with Gasteiger partial charge >= 0.3 is 12.4 Å². The maximum atomic E-state index is 12.8. The molecule has 0 fully saturated rings. The lowest BCUT2D eigenvalue weighted by atomic mass is 10.1. The summed E-state index contributed by atoms with van der Waals surface area (Å²) in [5, 5.41) is 10.2. The number of aromatic nitrogens is 3. The molecule has 236 valence electrons. The number of carbonyl (C=O) groups is 2. The minimum atomic E-state index is -4.77. The van der Waals surface area contributed by atoms with Crippen LogP contribution in [0.4, 0.5) is 23.7 Å². The molecule has 0 saturated carbocycles. The van der Waals surface area contributed by atoms with Gasteiger partial charge in [0, 0.05) is 18.2 Å². The number of hydrogen-bond donors (Lipinski definition) is 2. The van der Waals surface area contributed by atoms with E-state index in [0.717, 1.165) is 16.7 Å². The highest BCUT2D eigenvalue weighted by Crippen LogP contribution is 2.25. The number of alkyl halides is 3. The largest absolute Gasteiger partial charge is 0.573 e. The lowest BCUT2D eigenvalue weighted by Crippen LogP contribution is -2.43. The molecule has 0 aliphatic heterocycles. The molecular weight excluding hydrogens is 591 g/mol. The number of guanidine groups is 1. The first-order chi connectivity index (χ1) is 21.5. The van der Waals surface area contributed by atoms with E-state index in [9.17, 15) is 22.8 Å². The van der Waals surface area contributed by atoms with E-state index in [1.807, 2.05) is 45.0 Å². The van der Waals surface area contributed by atoms with Crippen LogP contribution in [0.1, 0.15) is 25.0 Å². The molecule has 11 nitrogen and oxygen atoms in total. The number of aliphatic imine (C=N–C) groups is 1. The average Bonchev–Trinajstić information content (AvgIpc) is 3.48. The van der Waals surface area contributed by atoms with E-state index in [2.05, 4.69) is 30.4 Å². The molecular formula is C31H32F3N7O4. The Bertz CT molecular complexity index is 1640. The van der Waals surface area contributed by atoms with Crippen molar-refractivity contribution in [2.75, 3.05) is 18.6 Å². The van der Waals surface area contributed by atoms with Gasteiger partial charge in [-0.15, -0.1) is 18.3 Å². The van der Waals surface area contributed by atoms with Crippen molar-refractivity contribution in [2.24, 2.45) is 4.99 Å². The van der Waals surface area contributed by atoms with Crippen molar-refractivity contribution < 1.29 is 32.2 Å². The fraction of sp³-hybridized carbons (Fsp3) is 0.258. The first-order valence-corrected chi connectivity index (χ1v) is 13.9. The fourth-order valence-electron chi connectivity index (χ4n) is 4.44. The van der Waals surface area contributed by atoms with E-state index in [1.54, 1.807) is 25.3 Å². The second-order valence-corrected chi connectivity index (χ2v) is 9.90. The number of rotatable bonds is 10. The predicted octanol–water partition coefficient (Wildman–Crippen LogP) is 5.42. The predicted molar refractivity (Wildman–Crippen MR) is 163 cm³/mol. The lowest BCUT2D eigenvalue weighted by molar-refractivity contribution is -0.274. The highest BCUT2D eigenvalue weighted by Gasteiger charge is 2.31. The van der Waals surface area contributed by atoms with Crippen LogP contribution in [-0.4, -0.2) is 59.2 Å². The molecule has 4 aromatic rings. The number of benzene rings is 3. The smallest absolute Gasteiger partial charge is 0.497 e. The summed E-state index contributed by atoms with van der Waals surface area (Å²) >= 11 is 0. The van der Waals surface area contributed by atoms with Crippen molar-refractivity contribution in [1.29, 1.82) is 0 Å². The molecule has 1 unspecified atom stereocenters. The molecule has 0 aliphatic carbocycles. The summed E-state index contributed by atoms with van der Waals surface area (Å²) in [7, 11) is 1.55. The molecule has 0 bridgehead atoms. The Hall–Kier alpha value is -5.40. The number of nitrogens with one attached hydrogen (secondary N) is 2. The maximum absolute atomic E-state index is 12.8. The van der Waals surface area contributed by atoms with Crippen LogP contribution >= 0.6 is 0 Å². The Morgan fingerprint density at radius 2 is 1.78 bits per heavy atom. The molecule has 1 heterocycles. The minimum absolute atomic E-state index is 0.0901. The van der Waals surface area contributed by atoms with Gasteiger partial charge in [-0.3, -0.25) is 9.69 Å². The van der Waals surface area contributed by atoms with Crippen molar-refractivity contribution in [3.05, 3.63) is 84.2 Å². The second kappa shape index (κ2) is 14.4. The third-order valence-electron chi connectivity index (χ3n) is 6.49. The number of hydrogen-bond acceptors (Lipinski definition) is 6. The number of amides is 3. The topological polar surface area (TPSA) is 123 Å². The molecule has 45 heavy (non-hydrogen) atoms. The van der Waals surface area contributed by atoms with Gasteiger partial charge in [0.2, 0.25) is 12.4 Å². The first-order valence-electron chi connectivity index (χ1n) is 13.9. The molecule has 1 aromatic heterocycles. The van der Waals surface area contributed by atoms with Crippen LogP contribution in [0, 0.1) is 6.92 Å². The Labute approximate surface area is 257 Å². The SMILES string of the molecule is CCN/C(=N\C(=O)NC(C)Cc1ccc(-c2ncn(-c3ccc(OC(F)(F)F)cc3)n2)cc1)N(C=O)c1ccc(OC)cc1C. The van der Waals surface area contributed by atoms with Crippen molar-refractivity contribution in [3.63, 3.8) is 0 Å². The number of ether oxygens (including phenoxy) is 2. The summed E-state index contributed by atoms with van der Waals surface area (Å²) in [5.74, 6) is 0.828. The lowest BCUT2D eigenvalue weighted by Gasteiger charge is -2.22. The van der Waals surface area contributed by atoms with Crippen LogP contribution in [0.5, 0.6) is 11.5 Å². The Morgan fingerprint density at radius 1 is 1.09 bits per heavy atom. The monoisotopic (exact) mass is 623 g/mol. The quantitative estimate of drug-likeness (QED) is 0.137. The number of methoxy groups -OCH3 is 1. The first kappa shape index (κ1) is 32.5. The number of halogens is 3.